The van der Waals surface area contributed by atoms with Gasteiger partial charge in [0.1, 0.15) is 11.4 Å². The van der Waals surface area contributed by atoms with Crippen LogP contribution in [0.1, 0.15) is 26.3 Å². The number of ether oxygens (including phenoxy) is 1. The summed E-state index contributed by atoms with van der Waals surface area (Å²) < 4.78 is 5.09. The van der Waals surface area contributed by atoms with Crippen LogP contribution in [0, 0.1) is 6.92 Å². The lowest BCUT2D eigenvalue weighted by Crippen LogP contribution is -2.27. The number of pyridine rings is 1. The average molecular weight is 295 g/mol. The van der Waals surface area contributed by atoms with E-state index in [0.29, 0.717) is 5.56 Å². The predicted molar refractivity (Wildman–Crippen MR) is 75.1 cm³/mol. The zero-order chi connectivity index (χ0) is 16.2. The summed E-state index contributed by atoms with van der Waals surface area (Å²) in [5.74, 6) is -2.50. The van der Waals surface area contributed by atoms with E-state index in [1.165, 1.54) is 12.3 Å². The summed E-state index contributed by atoms with van der Waals surface area (Å²) in [5.41, 5.74) is 0.131. The van der Waals surface area contributed by atoms with E-state index < -0.39 is 23.6 Å². The van der Waals surface area contributed by atoms with E-state index in [-0.39, 0.29) is 11.5 Å². The first-order valence-corrected chi connectivity index (χ1v) is 6.09. The van der Waals surface area contributed by atoms with Crippen molar-refractivity contribution in [3.05, 3.63) is 17.8 Å². The van der Waals surface area contributed by atoms with Crippen molar-refractivity contribution >= 4 is 29.5 Å². The molecule has 0 aliphatic heterocycles. The van der Waals surface area contributed by atoms with Gasteiger partial charge in [-0.05, 0) is 39.3 Å². The number of carboxylic acid groups (broad SMARTS) is 1. The van der Waals surface area contributed by atoms with E-state index >= 15 is 0 Å². The van der Waals surface area contributed by atoms with Crippen LogP contribution in [-0.2, 0) is 14.3 Å². The molecule has 1 heterocycles. The van der Waals surface area contributed by atoms with Gasteiger partial charge in [-0.25, -0.2) is 14.6 Å². The van der Waals surface area contributed by atoms with Gasteiger partial charge in [0, 0.05) is 0 Å². The SMILES string of the molecule is Cc1cc(NC(=O)C(=O)O)cnc1NC(=O)OC(C)(C)C. The van der Waals surface area contributed by atoms with Crippen LogP contribution in [0.3, 0.4) is 0 Å². The Bertz CT molecular complexity index is 578. The van der Waals surface area contributed by atoms with E-state index in [9.17, 15) is 14.4 Å². The van der Waals surface area contributed by atoms with Crippen molar-refractivity contribution < 1.29 is 24.2 Å². The Morgan fingerprint density at radius 2 is 1.86 bits per heavy atom. The fraction of sp³-hybridized carbons (Fsp3) is 0.385. The Hall–Kier alpha value is -2.64. The molecule has 0 atom stereocenters. The zero-order valence-electron chi connectivity index (χ0n) is 12.2. The van der Waals surface area contributed by atoms with Crippen LogP contribution in [-0.4, -0.2) is 33.7 Å². The van der Waals surface area contributed by atoms with Crippen LogP contribution in [0.5, 0.6) is 0 Å². The second-order valence-electron chi connectivity index (χ2n) is 5.28. The Balaban J connectivity index is 2.77. The molecule has 0 aromatic carbocycles. The number of anilines is 2. The normalized spacial score (nSPS) is 10.7. The third kappa shape index (κ3) is 5.47. The Morgan fingerprint density at radius 1 is 1.24 bits per heavy atom. The molecule has 0 fully saturated rings. The summed E-state index contributed by atoms with van der Waals surface area (Å²) in [6.07, 6.45) is 0.584. The minimum Gasteiger partial charge on any atom is -0.474 e. The molecule has 0 bridgehead atoms. The molecule has 21 heavy (non-hydrogen) atoms. The number of nitrogens with zero attached hydrogens (tertiary/aromatic N) is 1. The van der Waals surface area contributed by atoms with Gasteiger partial charge >= 0.3 is 18.0 Å². The smallest absolute Gasteiger partial charge is 0.413 e. The van der Waals surface area contributed by atoms with Gasteiger partial charge in [-0.2, -0.15) is 0 Å². The van der Waals surface area contributed by atoms with Crippen molar-refractivity contribution in [1.82, 2.24) is 4.98 Å². The molecule has 8 nitrogen and oxygen atoms in total. The number of aryl methyl sites for hydroxylation is 1. The molecule has 0 radical (unpaired) electrons. The zero-order valence-corrected chi connectivity index (χ0v) is 12.2. The number of hydrogen-bond donors (Lipinski definition) is 3. The number of aliphatic carboxylic acids is 1. The molecule has 0 aliphatic carbocycles. The van der Waals surface area contributed by atoms with E-state index in [0.717, 1.165) is 0 Å². The summed E-state index contributed by atoms with van der Waals surface area (Å²) in [7, 11) is 0. The highest BCUT2D eigenvalue weighted by molar-refractivity contribution is 6.36. The van der Waals surface area contributed by atoms with Gasteiger partial charge in [0.15, 0.2) is 0 Å². The van der Waals surface area contributed by atoms with Gasteiger partial charge in [-0.3, -0.25) is 10.1 Å². The molecule has 0 unspecified atom stereocenters. The molecular weight excluding hydrogens is 278 g/mol. The van der Waals surface area contributed by atoms with Crippen molar-refractivity contribution in [2.45, 2.75) is 33.3 Å². The first kappa shape index (κ1) is 16.4. The highest BCUT2D eigenvalue weighted by atomic mass is 16.6. The molecule has 0 aliphatic rings. The first-order chi connectivity index (χ1) is 9.58. The van der Waals surface area contributed by atoms with Crippen LogP contribution in [0.2, 0.25) is 0 Å². The van der Waals surface area contributed by atoms with Crippen LogP contribution in [0.4, 0.5) is 16.3 Å². The number of amides is 2. The van der Waals surface area contributed by atoms with Crippen molar-refractivity contribution in [3.8, 4) is 0 Å². The maximum Gasteiger partial charge on any atom is 0.413 e. The third-order valence-corrected chi connectivity index (χ3v) is 2.15. The number of carbonyl (C=O) groups is 3. The number of hydrogen-bond acceptors (Lipinski definition) is 5. The lowest BCUT2D eigenvalue weighted by atomic mass is 10.2. The molecule has 8 heteroatoms. The Labute approximate surface area is 121 Å². The van der Waals surface area contributed by atoms with E-state index in [4.69, 9.17) is 9.84 Å². The maximum absolute atomic E-state index is 11.6. The molecule has 1 rings (SSSR count). The highest BCUT2D eigenvalue weighted by Gasteiger charge is 2.17. The van der Waals surface area contributed by atoms with Crippen molar-refractivity contribution in [3.63, 3.8) is 0 Å². The number of nitrogens with one attached hydrogen (secondary N) is 2. The van der Waals surface area contributed by atoms with Crippen LogP contribution in [0.25, 0.3) is 0 Å². The number of carboxylic acids is 1. The van der Waals surface area contributed by atoms with E-state index in [1.807, 2.05) is 0 Å². The van der Waals surface area contributed by atoms with Gasteiger partial charge in [0.25, 0.3) is 0 Å². The second-order valence-corrected chi connectivity index (χ2v) is 5.28. The minimum absolute atomic E-state index is 0.217. The standard InChI is InChI=1S/C13H17N3O5/c1-7-5-8(15-10(17)11(18)19)6-14-9(7)16-12(20)21-13(2,3)4/h5-6H,1-4H3,(H,15,17)(H,18,19)(H,14,16,20). The van der Waals surface area contributed by atoms with E-state index in [1.54, 1.807) is 27.7 Å². The fourth-order valence-electron chi connectivity index (χ4n) is 1.36. The van der Waals surface area contributed by atoms with Gasteiger partial charge in [0.05, 0.1) is 11.9 Å². The quantitative estimate of drug-likeness (QED) is 0.715. The summed E-state index contributed by atoms with van der Waals surface area (Å²) in [6.45, 7) is 6.85. The molecule has 3 N–H and O–H groups in total. The molecule has 2 amide bonds. The number of aromatic nitrogens is 1. The molecule has 1 aromatic heterocycles. The highest BCUT2D eigenvalue weighted by Crippen LogP contribution is 2.17. The second kappa shape index (κ2) is 6.21. The summed E-state index contributed by atoms with van der Waals surface area (Å²) >= 11 is 0. The van der Waals surface area contributed by atoms with E-state index in [2.05, 4.69) is 15.6 Å². The lowest BCUT2D eigenvalue weighted by Gasteiger charge is -2.19. The Kier molecular flexibility index (Phi) is 4.85. The summed E-state index contributed by atoms with van der Waals surface area (Å²) in [5, 5.41) is 13.1. The molecule has 114 valence electrons. The summed E-state index contributed by atoms with van der Waals surface area (Å²) in [6, 6.07) is 1.49. The third-order valence-electron chi connectivity index (χ3n) is 2.15. The minimum atomic E-state index is -1.59. The largest absolute Gasteiger partial charge is 0.474 e. The van der Waals surface area contributed by atoms with Crippen molar-refractivity contribution in [1.29, 1.82) is 0 Å². The van der Waals surface area contributed by atoms with Crippen LogP contribution >= 0.6 is 0 Å². The van der Waals surface area contributed by atoms with Crippen molar-refractivity contribution in [2.75, 3.05) is 10.6 Å². The topological polar surface area (TPSA) is 118 Å². The first-order valence-electron chi connectivity index (χ1n) is 6.09. The molecular formula is C13H17N3O5. The van der Waals surface area contributed by atoms with Crippen molar-refractivity contribution in [2.24, 2.45) is 0 Å². The predicted octanol–water partition coefficient (Wildman–Crippen LogP) is 1.76. The maximum atomic E-state index is 11.6. The monoisotopic (exact) mass is 295 g/mol. The number of rotatable bonds is 2. The average Bonchev–Trinajstić information content (AvgIpc) is 2.30. The Morgan fingerprint density at radius 3 is 2.33 bits per heavy atom. The van der Waals surface area contributed by atoms with Crippen LogP contribution < -0.4 is 10.6 Å². The summed E-state index contributed by atoms with van der Waals surface area (Å²) in [4.78, 5) is 37.0. The van der Waals surface area contributed by atoms with Gasteiger partial charge in [0.2, 0.25) is 0 Å². The van der Waals surface area contributed by atoms with Gasteiger partial charge in [-0.15, -0.1) is 0 Å². The van der Waals surface area contributed by atoms with Gasteiger partial charge in [-0.1, -0.05) is 0 Å². The molecule has 1 aromatic rings. The lowest BCUT2D eigenvalue weighted by molar-refractivity contribution is -0.147. The number of carbonyl (C=O) groups excluding carboxylic acids is 2. The van der Waals surface area contributed by atoms with Gasteiger partial charge < -0.3 is 15.2 Å². The molecule has 0 saturated heterocycles. The molecule has 0 spiro atoms. The molecule has 0 saturated carbocycles. The fourth-order valence-corrected chi connectivity index (χ4v) is 1.36. The van der Waals surface area contributed by atoms with Crippen LogP contribution in [0.15, 0.2) is 12.3 Å².